The highest BCUT2D eigenvalue weighted by molar-refractivity contribution is 5.38. The molecule has 0 bridgehead atoms. The van der Waals surface area contributed by atoms with Gasteiger partial charge in [-0.15, -0.1) is 0 Å². The first-order valence-corrected chi connectivity index (χ1v) is 9.07. The molecule has 3 rings (SSSR count). The van der Waals surface area contributed by atoms with E-state index in [0.717, 1.165) is 37.0 Å². The zero-order valence-electron chi connectivity index (χ0n) is 14.2. The van der Waals surface area contributed by atoms with E-state index in [9.17, 15) is 5.26 Å². The molecule has 0 saturated heterocycles. The number of hydrogen-bond donors (Lipinski definition) is 1. The molecule has 2 fully saturated rings. The second-order valence-electron chi connectivity index (χ2n) is 7.20. The Labute approximate surface area is 140 Å². The van der Waals surface area contributed by atoms with E-state index in [4.69, 9.17) is 4.74 Å². The van der Waals surface area contributed by atoms with Gasteiger partial charge in [0.1, 0.15) is 5.75 Å². The Balaban J connectivity index is 1.63. The summed E-state index contributed by atoms with van der Waals surface area (Å²) in [6, 6.07) is 12.0. The molecule has 0 atom stereocenters. The van der Waals surface area contributed by atoms with Gasteiger partial charge >= 0.3 is 0 Å². The number of nitrogens with zero attached hydrogens (tertiary/aromatic N) is 1. The molecule has 2 aliphatic carbocycles. The largest absolute Gasteiger partial charge is 0.497 e. The van der Waals surface area contributed by atoms with Crippen LogP contribution in [0.25, 0.3) is 0 Å². The standard InChI is InChI=1S/C20H28N2O/c1-23-19-9-5-6-16(14-19)20(15-21)12-10-18(11-13-20)22-17-7-3-2-4-8-17/h5-6,9,14,17-18,22H,2-4,7-8,10-13H2,1H3. The highest BCUT2D eigenvalue weighted by Gasteiger charge is 2.37. The number of nitriles is 1. The number of nitrogens with one attached hydrogen (secondary N) is 1. The van der Waals surface area contributed by atoms with Gasteiger partial charge < -0.3 is 10.1 Å². The van der Waals surface area contributed by atoms with Crippen LogP contribution in [0.3, 0.4) is 0 Å². The van der Waals surface area contributed by atoms with Crippen molar-refractivity contribution < 1.29 is 4.74 Å². The van der Waals surface area contributed by atoms with E-state index < -0.39 is 0 Å². The predicted molar refractivity (Wildman–Crippen MR) is 92.5 cm³/mol. The molecule has 3 heteroatoms. The Morgan fingerprint density at radius 2 is 1.78 bits per heavy atom. The van der Waals surface area contributed by atoms with Crippen molar-refractivity contribution in [3.63, 3.8) is 0 Å². The van der Waals surface area contributed by atoms with Gasteiger partial charge in [-0.05, 0) is 56.2 Å². The van der Waals surface area contributed by atoms with Crippen LogP contribution in [-0.2, 0) is 5.41 Å². The Morgan fingerprint density at radius 3 is 2.43 bits per heavy atom. The van der Waals surface area contributed by atoms with Crippen LogP contribution in [0.15, 0.2) is 24.3 Å². The van der Waals surface area contributed by atoms with E-state index in [-0.39, 0.29) is 5.41 Å². The maximum Gasteiger partial charge on any atom is 0.119 e. The predicted octanol–water partition coefficient (Wildman–Crippen LogP) is 4.32. The van der Waals surface area contributed by atoms with Gasteiger partial charge in [0.2, 0.25) is 0 Å². The van der Waals surface area contributed by atoms with E-state index in [1.165, 1.54) is 32.1 Å². The van der Waals surface area contributed by atoms with Crippen LogP contribution >= 0.6 is 0 Å². The molecule has 3 nitrogen and oxygen atoms in total. The van der Waals surface area contributed by atoms with Crippen molar-refractivity contribution in [3.05, 3.63) is 29.8 Å². The third kappa shape index (κ3) is 3.70. The summed E-state index contributed by atoms with van der Waals surface area (Å²) in [5.74, 6) is 0.847. The van der Waals surface area contributed by atoms with Crippen LogP contribution in [0.5, 0.6) is 5.75 Å². The molecule has 0 heterocycles. The Kier molecular flexibility index (Phi) is 5.23. The van der Waals surface area contributed by atoms with Gasteiger partial charge in [-0.1, -0.05) is 31.4 Å². The van der Waals surface area contributed by atoms with Crippen LogP contribution in [0.1, 0.15) is 63.4 Å². The molecule has 0 unspecified atom stereocenters. The normalized spacial score (nSPS) is 29.0. The molecule has 124 valence electrons. The summed E-state index contributed by atoms with van der Waals surface area (Å²) in [6.45, 7) is 0. The minimum absolute atomic E-state index is 0.334. The fourth-order valence-corrected chi connectivity index (χ4v) is 4.27. The molecular formula is C20H28N2O. The summed E-state index contributed by atoms with van der Waals surface area (Å²) < 4.78 is 5.34. The molecule has 1 N–H and O–H groups in total. The van der Waals surface area contributed by atoms with Crippen LogP contribution in [0.4, 0.5) is 0 Å². The second-order valence-corrected chi connectivity index (χ2v) is 7.20. The van der Waals surface area contributed by atoms with Crippen molar-refractivity contribution in [1.29, 1.82) is 5.26 Å². The minimum atomic E-state index is -0.334. The van der Waals surface area contributed by atoms with Crippen LogP contribution in [0, 0.1) is 11.3 Å². The Hall–Kier alpha value is -1.53. The van der Waals surface area contributed by atoms with Gasteiger partial charge in [0.05, 0.1) is 18.6 Å². The van der Waals surface area contributed by atoms with Crippen molar-refractivity contribution in [2.45, 2.75) is 75.3 Å². The first kappa shape index (κ1) is 16.3. The molecule has 23 heavy (non-hydrogen) atoms. The maximum atomic E-state index is 9.86. The summed E-state index contributed by atoms with van der Waals surface area (Å²) in [6.07, 6.45) is 10.9. The summed E-state index contributed by atoms with van der Waals surface area (Å²) in [4.78, 5) is 0. The number of methoxy groups -OCH3 is 1. The van der Waals surface area contributed by atoms with Crippen molar-refractivity contribution in [1.82, 2.24) is 5.32 Å². The number of hydrogen-bond acceptors (Lipinski definition) is 3. The van der Waals surface area contributed by atoms with E-state index in [2.05, 4.69) is 17.5 Å². The molecule has 0 amide bonds. The van der Waals surface area contributed by atoms with Gasteiger partial charge in [0.15, 0.2) is 0 Å². The first-order chi connectivity index (χ1) is 11.3. The summed E-state index contributed by atoms with van der Waals surface area (Å²) >= 11 is 0. The monoisotopic (exact) mass is 312 g/mol. The molecule has 1 aromatic carbocycles. The van der Waals surface area contributed by atoms with Gasteiger partial charge in [-0.3, -0.25) is 0 Å². The van der Waals surface area contributed by atoms with E-state index in [0.29, 0.717) is 12.1 Å². The van der Waals surface area contributed by atoms with E-state index in [1.54, 1.807) is 7.11 Å². The average molecular weight is 312 g/mol. The van der Waals surface area contributed by atoms with Crippen molar-refractivity contribution in [3.8, 4) is 11.8 Å². The summed E-state index contributed by atoms with van der Waals surface area (Å²) in [5.41, 5.74) is 0.787. The highest BCUT2D eigenvalue weighted by atomic mass is 16.5. The lowest BCUT2D eigenvalue weighted by molar-refractivity contribution is 0.253. The van der Waals surface area contributed by atoms with Crippen molar-refractivity contribution in [2.75, 3.05) is 7.11 Å². The number of ether oxygens (including phenoxy) is 1. The Morgan fingerprint density at radius 1 is 1.09 bits per heavy atom. The van der Waals surface area contributed by atoms with Gasteiger partial charge in [-0.25, -0.2) is 0 Å². The average Bonchev–Trinajstić information content (AvgIpc) is 2.63. The fourth-order valence-electron chi connectivity index (χ4n) is 4.27. The third-order valence-corrected chi connectivity index (χ3v) is 5.75. The first-order valence-electron chi connectivity index (χ1n) is 9.07. The smallest absolute Gasteiger partial charge is 0.119 e. The third-order valence-electron chi connectivity index (χ3n) is 5.75. The molecule has 2 saturated carbocycles. The van der Waals surface area contributed by atoms with Crippen LogP contribution in [0.2, 0.25) is 0 Å². The minimum Gasteiger partial charge on any atom is -0.497 e. The number of rotatable bonds is 4. The quantitative estimate of drug-likeness (QED) is 0.900. The highest BCUT2D eigenvalue weighted by Crippen LogP contribution is 2.40. The van der Waals surface area contributed by atoms with E-state index in [1.807, 2.05) is 18.2 Å². The van der Waals surface area contributed by atoms with Crippen LogP contribution in [-0.4, -0.2) is 19.2 Å². The summed E-state index contributed by atoms with van der Waals surface area (Å²) in [7, 11) is 1.68. The zero-order valence-corrected chi connectivity index (χ0v) is 14.2. The second kappa shape index (κ2) is 7.36. The molecule has 1 aromatic rings. The van der Waals surface area contributed by atoms with Gasteiger partial charge in [-0.2, -0.15) is 5.26 Å². The Bertz CT molecular complexity index is 549. The van der Waals surface area contributed by atoms with Gasteiger partial charge in [0.25, 0.3) is 0 Å². The van der Waals surface area contributed by atoms with Crippen LogP contribution < -0.4 is 10.1 Å². The number of benzene rings is 1. The van der Waals surface area contributed by atoms with Crippen molar-refractivity contribution >= 4 is 0 Å². The summed E-state index contributed by atoms with van der Waals surface area (Å²) in [5, 5.41) is 13.7. The molecule has 0 spiro atoms. The van der Waals surface area contributed by atoms with Crippen molar-refractivity contribution in [2.24, 2.45) is 0 Å². The molecule has 2 aliphatic rings. The van der Waals surface area contributed by atoms with Gasteiger partial charge in [0, 0.05) is 12.1 Å². The lowest BCUT2D eigenvalue weighted by Gasteiger charge is -2.38. The van der Waals surface area contributed by atoms with E-state index >= 15 is 0 Å². The lowest BCUT2D eigenvalue weighted by atomic mass is 9.69. The SMILES string of the molecule is COc1cccc(C2(C#N)CCC(NC3CCCCC3)CC2)c1. The maximum absolute atomic E-state index is 9.86. The molecule has 0 radical (unpaired) electrons. The zero-order chi connectivity index (χ0) is 16.1. The topological polar surface area (TPSA) is 45.0 Å². The molecule has 0 aliphatic heterocycles. The fraction of sp³-hybridized carbons (Fsp3) is 0.650. The molecular weight excluding hydrogens is 284 g/mol. The lowest BCUT2D eigenvalue weighted by Crippen LogP contribution is -2.44. The molecule has 0 aromatic heterocycles.